The van der Waals surface area contributed by atoms with Gasteiger partial charge in [-0.2, -0.15) is 0 Å². The molecule has 2 aromatic carbocycles. The van der Waals surface area contributed by atoms with Crippen LogP contribution in [-0.2, 0) is 17.7 Å². The number of hydrogen-bond donors (Lipinski definition) is 0. The quantitative estimate of drug-likeness (QED) is 0.520. The molecule has 2 aliphatic rings. The third-order valence-electron chi connectivity index (χ3n) is 5.73. The van der Waals surface area contributed by atoms with Gasteiger partial charge in [-0.25, -0.2) is 14.8 Å². The first-order chi connectivity index (χ1) is 14.3. The fraction of sp³-hybridized carbons (Fsp3) is 0.227. The standard InChI is InChI=1S/C22H18N4O3/c27-22-26(10-11-28-22)17-6-3-4-14-12-25(9-8-15(14)17)21-20-19(23-13-24-21)16-5-1-2-7-18(16)29-20/h1-7,13H,8-12H2. The Morgan fingerprint density at radius 3 is 2.83 bits per heavy atom. The van der Waals surface area contributed by atoms with Crippen molar-refractivity contribution in [3.63, 3.8) is 0 Å². The summed E-state index contributed by atoms with van der Waals surface area (Å²) in [5, 5.41) is 0.999. The van der Waals surface area contributed by atoms with Gasteiger partial charge in [0.05, 0.1) is 12.2 Å². The Morgan fingerprint density at radius 1 is 1.00 bits per heavy atom. The summed E-state index contributed by atoms with van der Waals surface area (Å²) < 4.78 is 11.2. The molecule has 0 radical (unpaired) electrons. The highest BCUT2D eigenvalue weighted by molar-refractivity contribution is 6.05. The van der Waals surface area contributed by atoms with Crippen molar-refractivity contribution in [1.82, 2.24) is 9.97 Å². The van der Waals surface area contributed by atoms with Crippen LogP contribution in [0.4, 0.5) is 16.3 Å². The molecule has 29 heavy (non-hydrogen) atoms. The van der Waals surface area contributed by atoms with Crippen LogP contribution in [0.25, 0.3) is 22.1 Å². The third-order valence-corrected chi connectivity index (χ3v) is 5.73. The van der Waals surface area contributed by atoms with Crippen LogP contribution in [0.15, 0.2) is 53.2 Å². The number of aromatic nitrogens is 2. The molecule has 2 aliphatic heterocycles. The maximum Gasteiger partial charge on any atom is 0.414 e. The van der Waals surface area contributed by atoms with Crippen LogP contribution >= 0.6 is 0 Å². The van der Waals surface area contributed by atoms with Gasteiger partial charge in [0.1, 0.15) is 24.0 Å². The summed E-state index contributed by atoms with van der Waals surface area (Å²) in [4.78, 5) is 25.0. The summed E-state index contributed by atoms with van der Waals surface area (Å²) in [6.07, 6.45) is 2.16. The molecule has 1 fully saturated rings. The van der Waals surface area contributed by atoms with Crippen molar-refractivity contribution >= 4 is 39.7 Å². The Labute approximate surface area is 166 Å². The molecule has 0 bridgehead atoms. The predicted molar refractivity (Wildman–Crippen MR) is 109 cm³/mol. The third kappa shape index (κ3) is 2.47. The molecule has 1 amide bonds. The summed E-state index contributed by atoms with van der Waals surface area (Å²) in [6.45, 7) is 2.54. The van der Waals surface area contributed by atoms with E-state index in [9.17, 15) is 4.79 Å². The second kappa shape index (κ2) is 6.20. The second-order valence-electron chi connectivity index (χ2n) is 7.33. The lowest BCUT2D eigenvalue weighted by Crippen LogP contribution is -2.33. The van der Waals surface area contributed by atoms with E-state index >= 15 is 0 Å². The maximum absolute atomic E-state index is 12.0. The van der Waals surface area contributed by atoms with E-state index in [2.05, 4.69) is 20.9 Å². The van der Waals surface area contributed by atoms with Gasteiger partial charge in [0, 0.05) is 18.5 Å². The average Bonchev–Trinajstić information content (AvgIpc) is 3.36. The van der Waals surface area contributed by atoms with Gasteiger partial charge < -0.3 is 14.1 Å². The monoisotopic (exact) mass is 386 g/mol. The second-order valence-corrected chi connectivity index (χ2v) is 7.33. The normalized spacial score (nSPS) is 16.5. The van der Waals surface area contributed by atoms with Gasteiger partial charge >= 0.3 is 6.09 Å². The molecule has 1 saturated heterocycles. The van der Waals surface area contributed by atoms with Gasteiger partial charge in [0.2, 0.25) is 0 Å². The number of amides is 1. The molecular formula is C22H18N4O3. The molecule has 0 saturated carbocycles. The summed E-state index contributed by atoms with van der Waals surface area (Å²) in [5.41, 5.74) is 5.73. The molecule has 0 unspecified atom stereocenters. The minimum atomic E-state index is -0.263. The zero-order valence-electron chi connectivity index (χ0n) is 15.7. The van der Waals surface area contributed by atoms with Crippen molar-refractivity contribution in [2.45, 2.75) is 13.0 Å². The molecular weight excluding hydrogens is 368 g/mol. The van der Waals surface area contributed by atoms with E-state index in [-0.39, 0.29) is 6.09 Å². The van der Waals surface area contributed by atoms with E-state index in [1.54, 1.807) is 11.2 Å². The van der Waals surface area contributed by atoms with Crippen LogP contribution in [0.5, 0.6) is 0 Å². The first kappa shape index (κ1) is 16.4. The number of carbonyl (C=O) groups is 1. The number of furan rings is 1. The molecule has 0 N–H and O–H groups in total. The lowest BCUT2D eigenvalue weighted by molar-refractivity contribution is 0.181. The van der Waals surface area contributed by atoms with Crippen LogP contribution in [0.3, 0.4) is 0 Å². The van der Waals surface area contributed by atoms with Crippen LogP contribution in [-0.4, -0.2) is 35.8 Å². The molecule has 7 nitrogen and oxygen atoms in total. The molecule has 4 heterocycles. The van der Waals surface area contributed by atoms with E-state index in [0.717, 1.165) is 46.5 Å². The number of para-hydroxylation sites is 1. The number of carbonyl (C=O) groups excluding carboxylic acids is 1. The van der Waals surface area contributed by atoms with E-state index in [0.29, 0.717) is 19.7 Å². The van der Waals surface area contributed by atoms with Crippen molar-refractivity contribution < 1.29 is 13.9 Å². The Bertz CT molecular complexity index is 1270. The summed E-state index contributed by atoms with van der Waals surface area (Å²) in [7, 11) is 0. The minimum absolute atomic E-state index is 0.263. The van der Waals surface area contributed by atoms with Gasteiger partial charge in [-0.15, -0.1) is 0 Å². The Balaban J connectivity index is 1.41. The van der Waals surface area contributed by atoms with Crippen molar-refractivity contribution in [2.24, 2.45) is 0 Å². The number of nitrogens with zero attached hydrogens (tertiary/aromatic N) is 4. The van der Waals surface area contributed by atoms with Crippen LogP contribution in [0.2, 0.25) is 0 Å². The smallest absolute Gasteiger partial charge is 0.414 e. The van der Waals surface area contributed by atoms with E-state index < -0.39 is 0 Å². The average molecular weight is 386 g/mol. The van der Waals surface area contributed by atoms with Gasteiger partial charge in [-0.05, 0) is 35.7 Å². The lowest BCUT2D eigenvalue weighted by Gasteiger charge is -2.31. The first-order valence-electron chi connectivity index (χ1n) is 9.72. The molecule has 6 rings (SSSR count). The lowest BCUT2D eigenvalue weighted by atomic mass is 9.97. The summed E-state index contributed by atoms with van der Waals surface area (Å²) >= 11 is 0. The Morgan fingerprint density at radius 2 is 1.93 bits per heavy atom. The van der Waals surface area contributed by atoms with Gasteiger partial charge in [-0.3, -0.25) is 4.90 Å². The number of rotatable bonds is 2. The first-order valence-corrected chi connectivity index (χ1v) is 9.72. The zero-order valence-corrected chi connectivity index (χ0v) is 15.7. The highest BCUT2D eigenvalue weighted by atomic mass is 16.6. The molecule has 0 spiro atoms. The largest absolute Gasteiger partial charge is 0.450 e. The fourth-order valence-electron chi connectivity index (χ4n) is 4.37. The van der Waals surface area contributed by atoms with Crippen LogP contribution < -0.4 is 9.80 Å². The van der Waals surface area contributed by atoms with Gasteiger partial charge in [0.15, 0.2) is 11.4 Å². The van der Waals surface area contributed by atoms with Crippen molar-refractivity contribution in [1.29, 1.82) is 0 Å². The zero-order chi connectivity index (χ0) is 19.4. The predicted octanol–water partition coefficient (Wildman–Crippen LogP) is 3.90. The number of ether oxygens (including phenoxy) is 1. The van der Waals surface area contributed by atoms with Gasteiger partial charge in [0.25, 0.3) is 0 Å². The Hall–Kier alpha value is -3.61. The number of cyclic esters (lactones) is 1. The van der Waals surface area contributed by atoms with E-state index in [1.807, 2.05) is 36.4 Å². The van der Waals surface area contributed by atoms with Crippen molar-refractivity contribution in [2.75, 3.05) is 29.5 Å². The van der Waals surface area contributed by atoms with E-state index in [1.165, 1.54) is 11.1 Å². The van der Waals surface area contributed by atoms with E-state index in [4.69, 9.17) is 9.15 Å². The number of anilines is 2. The number of benzene rings is 2. The topological polar surface area (TPSA) is 71.7 Å². The molecule has 2 aromatic heterocycles. The van der Waals surface area contributed by atoms with Crippen molar-refractivity contribution in [3.8, 4) is 0 Å². The number of hydrogen-bond acceptors (Lipinski definition) is 6. The Kier molecular flexibility index (Phi) is 3.50. The van der Waals surface area contributed by atoms with Crippen molar-refractivity contribution in [3.05, 3.63) is 59.9 Å². The van der Waals surface area contributed by atoms with Crippen LogP contribution in [0.1, 0.15) is 11.1 Å². The highest BCUT2D eigenvalue weighted by Gasteiger charge is 2.29. The summed E-state index contributed by atoms with van der Waals surface area (Å²) in [5.74, 6) is 0.808. The number of fused-ring (bicyclic) bond motifs is 4. The maximum atomic E-state index is 12.0. The van der Waals surface area contributed by atoms with Crippen LogP contribution in [0, 0.1) is 0 Å². The molecule has 0 atom stereocenters. The van der Waals surface area contributed by atoms with Gasteiger partial charge in [-0.1, -0.05) is 24.3 Å². The fourth-order valence-corrected chi connectivity index (χ4v) is 4.37. The highest BCUT2D eigenvalue weighted by Crippen LogP contribution is 2.36. The molecule has 0 aliphatic carbocycles. The molecule has 7 heteroatoms. The summed E-state index contributed by atoms with van der Waals surface area (Å²) in [6, 6.07) is 14.0. The molecule has 4 aromatic rings. The SMILES string of the molecule is O=C1OCCN1c1cccc2c1CCN(c1ncnc3c1oc1ccccc13)C2. The molecule has 144 valence electrons. The minimum Gasteiger partial charge on any atom is -0.450 e.